The third kappa shape index (κ3) is 4.57. The minimum absolute atomic E-state index is 0.867. The molecule has 0 amide bonds. The van der Waals surface area contributed by atoms with Crippen molar-refractivity contribution >= 4 is 103 Å². The molecule has 0 aliphatic carbocycles. The van der Waals surface area contributed by atoms with Gasteiger partial charge in [0.15, 0.2) is 0 Å². The summed E-state index contributed by atoms with van der Waals surface area (Å²) in [6.07, 6.45) is 0. The molecular formula is C52H32N2OS. The number of rotatable bonds is 5. The summed E-state index contributed by atoms with van der Waals surface area (Å²) >= 11 is 1.85. The largest absolute Gasteiger partial charge is 0.455 e. The van der Waals surface area contributed by atoms with E-state index in [1.807, 2.05) is 11.3 Å². The molecule has 0 spiro atoms. The monoisotopic (exact) mass is 732 g/mol. The summed E-state index contributed by atoms with van der Waals surface area (Å²) in [4.78, 5) is 2.48. The van der Waals surface area contributed by atoms with Crippen molar-refractivity contribution < 1.29 is 4.42 Å². The van der Waals surface area contributed by atoms with Crippen LogP contribution in [0, 0.1) is 0 Å². The van der Waals surface area contributed by atoms with E-state index in [0.29, 0.717) is 0 Å². The molecule has 3 heterocycles. The fourth-order valence-electron chi connectivity index (χ4n) is 8.97. The number of thiophene rings is 1. The first-order valence-corrected chi connectivity index (χ1v) is 19.8. The second-order valence-corrected chi connectivity index (χ2v) is 15.5. The normalized spacial score (nSPS) is 11.9. The Morgan fingerprint density at radius 3 is 1.88 bits per heavy atom. The van der Waals surface area contributed by atoms with E-state index in [0.717, 1.165) is 55.8 Å². The first-order valence-electron chi connectivity index (χ1n) is 19.0. The van der Waals surface area contributed by atoms with Crippen LogP contribution in [0.1, 0.15) is 0 Å². The van der Waals surface area contributed by atoms with Gasteiger partial charge in [-0.25, -0.2) is 0 Å². The Balaban J connectivity index is 1.15. The summed E-state index contributed by atoms with van der Waals surface area (Å²) in [5.41, 5.74) is 10.7. The van der Waals surface area contributed by atoms with Gasteiger partial charge in [0, 0.05) is 53.0 Å². The van der Waals surface area contributed by atoms with Crippen LogP contribution in [0.2, 0.25) is 0 Å². The SMILES string of the molecule is c1cc(-c2ccc(N(c3cccc4ccccc34)c3cccc4sc5ccccc5c34)c3c2oc2ccccc23)cc(-n2c3ccccc3c3ccccc32)c1. The van der Waals surface area contributed by atoms with Crippen LogP contribution in [0.3, 0.4) is 0 Å². The standard InChI is InChI=1S/C52H32N2OS/c1-2-18-36-33(14-1)15-12-25-42(36)54(45-26-13-29-49-50(45)41-22-6-10-28-48(41)56-49)46-31-30-37(52-51(46)40-21-5-9-27-47(40)55-52)34-16-11-17-35(32-34)53-43-23-7-3-19-38(43)39-20-4-8-24-44(39)53/h1-32H. The molecule has 0 saturated heterocycles. The second kappa shape index (κ2) is 12.2. The summed E-state index contributed by atoms with van der Waals surface area (Å²) < 4.78 is 11.9. The van der Waals surface area contributed by atoms with E-state index in [2.05, 4.69) is 204 Å². The molecule has 0 radical (unpaired) electrons. The lowest BCUT2D eigenvalue weighted by molar-refractivity contribution is 0.670. The van der Waals surface area contributed by atoms with Crippen molar-refractivity contribution in [3.8, 4) is 16.8 Å². The molecule has 3 aromatic heterocycles. The lowest BCUT2D eigenvalue weighted by Crippen LogP contribution is -2.11. The van der Waals surface area contributed by atoms with E-state index in [-0.39, 0.29) is 0 Å². The number of aromatic nitrogens is 1. The molecule has 0 aliphatic heterocycles. The van der Waals surface area contributed by atoms with E-state index in [1.165, 1.54) is 52.8 Å². The number of nitrogens with zero attached hydrogens (tertiary/aromatic N) is 2. The van der Waals surface area contributed by atoms with Gasteiger partial charge in [-0.15, -0.1) is 11.3 Å². The molecule has 0 atom stereocenters. The molecule has 0 saturated carbocycles. The smallest absolute Gasteiger partial charge is 0.145 e. The van der Waals surface area contributed by atoms with Crippen molar-refractivity contribution in [1.29, 1.82) is 0 Å². The van der Waals surface area contributed by atoms with Gasteiger partial charge in [0.25, 0.3) is 0 Å². The zero-order valence-corrected chi connectivity index (χ0v) is 31.0. The zero-order valence-electron chi connectivity index (χ0n) is 30.2. The van der Waals surface area contributed by atoms with E-state index >= 15 is 0 Å². The predicted octanol–water partition coefficient (Wildman–Crippen LogP) is 15.3. The quantitative estimate of drug-likeness (QED) is 0.176. The molecule has 12 rings (SSSR count). The van der Waals surface area contributed by atoms with E-state index in [1.54, 1.807) is 0 Å². The highest BCUT2D eigenvalue weighted by molar-refractivity contribution is 7.26. The number of benzene rings is 9. The van der Waals surface area contributed by atoms with Crippen LogP contribution in [-0.4, -0.2) is 4.57 Å². The van der Waals surface area contributed by atoms with Gasteiger partial charge < -0.3 is 13.9 Å². The van der Waals surface area contributed by atoms with E-state index in [4.69, 9.17) is 4.42 Å². The highest BCUT2D eigenvalue weighted by Gasteiger charge is 2.25. The lowest BCUT2D eigenvalue weighted by Gasteiger charge is -2.29. The maximum atomic E-state index is 6.97. The Morgan fingerprint density at radius 1 is 0.429 bits per heavy atom. The summed E-state index contributed by atoms with van der Waals surface area (Å²) in [5, 5.41) is 9.58. The number of anilines is 3. The van der Waals surface area contributed by atoms with Gasteiger partial charge >= 0.3 is 0 Å². The molecule has 3 nitrogen and oxygen atoms in total. The highest BCUT2D eigenvalue weighted by Crippen LogP contribution is 2.51. The molecule has 56 heavy (non-hydrogen) atoms. The number of fused-ring (bicyclic) bond motifs is 10. The van der Waals surface area contributed by atoms with Crippen LogP contribution in [0.15, 0.2) is 199 Å². The summed E-state index contributed by atoms with van der Waals surface area (Å²) in [6.45, 7) is 0. The fourth-order valence-corrected chi connectivity index (χ4v) is 10.1. The summed E-state index contributed by atoms with van der Waals surface area (Å²) in [6, 6.07) is 70.1. The van der Waals surface area contributed by atoms with Gasteiger partial charge in [0.1, 0.15) is 11.2 Å². The molecule has 0 bridgehead atoms. The van der Waals surface area contributed by atoms with Crippen molar-refractivity contribution in [1.82, 2.24) is 4.57 Å². The number of furan rings is 1. The predicted molar refractivity (Wildman–Crippen MR) is 239 cm³/mol. The van der Waals surface area contributed by atoms with Crippen LogP contribution in [0.5, 0.6) is 0 Å². The van der Waals surface area contributed by atoms with Gasteiger partial charge in [-0.2, -0.15) is 0 Å². The third-order valence-corrected chi connectivity index (χ3v) is 12.5. The van der Waals surface area contributed by atoms with Crippen LogP contribution in [-0.2, 0) is 0 Å². The highest BCUT2D eigenvalue weighted by atomic mass is 32.1. The Bertz CT molecular complexity index is 3450. The maximum Gasteiger partial charge on any atom is 0.145 e. The summed E-state index contributed by atoms with van der Waals surface area (Å²) in [5.74, 6) is 0. The van der Waals surface area contributed by atoms with E-state index < -0.39 is 0 Å². The molecule has 0 aliphatic rings. The number of hydrogen-bond acceptors (Lipinski definition) is 3. The topological polar surface area (TPSA) is 21.3 Å². The van der Waals surface area contributed by atoms with Gasteiger partial charge in [-0.3, -0.25) is 0 Å². The van der Waals surface area contributed by atoms with Gasteiger partial charge in [-0.1, -0.05) is 127 Å². The van der Waals surface area contributed by atoms with Crippen molar-refractivity contribution in [3.05, 3.63) is 194 Å². The summed E-state index contributed by atoms with van der Waals surface area (Å²) in [7, 11) is 0. The van der Waals surface area contributed by atoms with Crippen LogP contribution in [0.25, 0.3) is 91.5 Å². The third-order valence-electron chi connectivity index (χ3n) is 11.4. The zero-order chi connectivity index (χ0) is 36.7. The second-order valence-electron chi connectivity index (χ2n) is 14.4. The van der Waals surface area contributed by atoms with Gasteiger partial charge in [0.2, 0.25) is 0 Å². The Kier molecular flexibility index (Phi) is 6.80. The minimum atomic E-state index is 0.867. The molecular weight excluding hydrogens is 701 g/mol. The van der Waals surface area contributed by atoms with Crippen molar-refractivity contribution in [2.75, 3.05) is 4.90 Å². The molecule has 0 fully saturated rings. The van der Waals surface area contributed by atoms with Crippen molar-refractivity contribution in [2.24, 2.45) is 0 Å². The number of para-hydroxylation sites is 3. The van der Waals surface area contributed by atoms with Crippen LogP contribution in [0.4, 0.5) is 17.1 Å². The lowest BCUT2D eigenvalue weighted by atomic mass is 9.98. The van der Waals surface area contributed by atoms with Gasteiger partial charge in [0.05, 0.1) is 33.5 Å². The molecule has 9 aromatic carbocycles. The molecule has 262 valence electrons. The molecule has 12 aromatic rings. The Morgan fingerprint density at radius 2 is 1.04 bits per heavy atom. The average molecular weight is 733 g/mol. The fraction of sp³-hybridized carbons (Fsp3) is 0. The molecule has 0 unspecified atom stereocenters. The number of hydrogen-bond donors (Lipinski definition) is 0. The first-order chi connectivity index (χ1) is 27.8. The van der Waals surface area contributed by atoms with Crippen LogP contribution < -0.4 is 4.90 Å². The molecule has 0 N–H and O–H groups in total. The minimum Gasteiger partial charge on any atom is -0.455 e. The molecule has 4 heteroatoms. The van der Waals surface area contributed by atoms with Crippen molar-refractivity contribution in [3.63, 3.8) is 0 Å². The van der Waals surface area contributed by atoms with Crippen LogP contribution >= 0.6 is 11.3 Å². The Labute approximate surface area is 326 Å². The van der Waals surface area contributed by atoms with Gasteiger partial charge in [-0.05, 0) is 77.7 Å². The Hall–Kier alpha value is -7.14. The maximum absolute atomic E-state index is 6.97. The average Bonchev–Trinajstić information content (AvgIpc) is 3.94. The van der Waals surface area contributed by atoms with Crippen molar-refractivity contribution in [2.45, 2.75) is 0 Å². The van der Waals surface area contributed by atoms with E-state index in [9.17, 15) is 0 Å². The first kappa shape index (κ1) is 31.2.